The van der Waals surface area contributed by atoms with Gasteiger partial charge in [-0.2, -0.15) is 4.98 Å². The Morgan fingerprint density at radius 3 is 2.57 bits per heavy atom. The largest absolute Gasteiger partial charge is 0.376 e. The zero-order chi connectivity index (χ0) is 14.5. The van der Waals surface area contributed by atoms with Crippen molar-refractivity contribution in [1.82, 2.24) is 10.1 Å². The number of hydrogen-bond acceptors (Lipinski definition) is 4. The van der Waals surface area contributed by atoms with E-state index >= 15 is 0 Å². The maximum Gasteiger partial charge on any atom is 0.245 e. The number of rotatable bonds is 5. The summed E-state index contributed by atoms with van der Waals surface area (Å²) in [6, 6.07) is 17.5. The second kappa shape index (κ2) is 6.41. The lowest BCUT2D eigenvalue weighted by molar-refractivity contribution is 0.378. The van der Waals surface area contributed by atoms with E-state index < -0.39 is 0 Å². The Morgan fingerprint density at radius 1 is 1.00 bits per heavy atom. The summed E-state index contributed by atoms with van der Waals surface area (Å²) < 4.78 is 5.23. The lowest BCUT2D eigenvalue weighted by atomic mass is 10.1. The average molecular weight is 300 g/mol. The molecule has 1 heterocycles. The number of benzene rings is 2. The molecule has 0 unspecified atom stereocenters. The summed E-state index contributed by atoms with van der Waals surface area (Å²) in [5.41, 5.74) is 2.01. The van der Waals surface area contributed by atoms with Crippen molar-refractivity contribution in [2.24, 2.45) is 0 Å². The van der Waals surface area contributed by atoms with Crippen molar-refractivity contribution in [2.75, 3.05) is 5.32 Å². The Morgan fingerprint density at radius 2 is 1.76 bits per heavy atom. The molecule has 2 aromatic carbocycles. The van der Waals surface area contributed by atoms with Crippen molar-refractivity contribution >= 4 is 17.3 Å². The van der Waals surface area contributed by atoms with Gasteiger partial charge in [0.15, 0.2) is 5.82 Å². The quantitative estimate of drug-likeness (QED) is 0.775. The molecule has 0 fully saturated rings. The van der Waals surface area contributed by atoms with Crippen LogP contribution in [0.1, 0.15) is 17.3 Å². The van der Waals surface area contributed by atoms with Gasteiger partial charge in [-0.25, -0.2) is 0 Å². The first kappa shape index (κ1) is 13.6. The molecule has 1 N–H and O–H groups in total. The van der Waals surface area contributed by atoms with E-state index in [0.717, 1.165) is 11.3 Å². The fourth-order valence-electron chi connectivity index (χ4n) is 1.98. The summed E-state index contributed by atoms with van der Waals surface area (Å²) in [6.07, 6.45) is 0.564. The Labute approximate surface area is 127 Å². The van der Waals surface area contributed by atoms with Crippen LogP contribution in [0.2, 0.25) is 5.02 Å². The van der Waals surface area contributed by atoms with Crippen molar-refractivity contribution in [1.29, 1.82) is 0 Å². The molecule has 106 valence electrons. The number of para-hydroxylation sites is 1. The van der Waals surface area contributed by atoms with Gasteiger partial charge in [0.05, 0.1) is 6.54 Å². The van der Waals surface area contributed by atoms with E-state index in [4.69, 9.17) is 16.1 Å². The number of hydrogen-bond donors (Lipinski definition) is 1. The molecule has 5 heteroatoms. The van der Waals surface area contributed by atoms with Crippen LogP contribution in [-0.4, -0.2) is 10.1 Å². The predicted molar refractivity (Wildman–Crippen MR) is 82.3 cm³/mol. The number of nitrogens with one attached hydrogen (secondary N) is 1. The second-order valence-corrected chi connectivity index (χ2v) is 5.00. The minimum Gasteiger partial charge on any atom is -0.376 e. The molecule has 0 aliphatic rings. The molecule has 3 rings (SSSR count). The first-order chi connectivity index (χ1) is 10.3. The highest BCUT2D eigenvalue weighted by Crippen LogP contribution is 2.17. The first-order valence-corrected chi connectivity index (χ1v) is 7.03. The molecule has 0 radical (unpaired) electrons. The van der Waals surface area contributed by atoms with E-state index in [0.29, 0.717) is 29.7 Å². The standard InChI is InChI=1S/C16H14ClN3O/c17-14-9-5-4-6-12(14)10-15-19-16(21-20-15)11-18-13-7-2-1-3-8-13/h1-9,18H,10-11H2. The number of nitrogens with zero attached hydrogens (tertiary/aromatic N) is 2. The van der Waals surface area contributed by atoms with Crippen LogP contribution >= 0.6 is 11.6 Å². The van der Waals surface area contributed by atoms with E-state index in [2.05, 4.69) is 15.5 Å². The van der Waals surface area contributed by atoms with Crippen molar-refractivity contribution in [3.63, 3.8) is 0 Å². The van der Waals surface area contributed by atoms with Crippen LogP contribution < -0.4 is 5.32 Å². The van der Waals surface area contributed by atoms with Crippen LogP contribution in [0.15, 0.2) is 59.1 Å². The molecular formula is C16H14ClN3O. The number of anilines is 1. The van der Waals surface area contributed by atoms with E-state index in [-0.39, 0.29) is 0 Å². The minimum atomic E-state index is 0.500. The van der Waals surface area contributed by atoms with Crippen LogP contribution in [-0.2, 0) is 13.0 Å². The van der Waals surface area contributed by atoms with E-state index in [1.54, 1.807) is 0 Å². The maximum absolute atomic E-state index is 6.12. The van der Waals surface area contributed by atoms with Gasteiger partial charge in [-0.15, -0.1) is 0 Å². The number of halogens is 1. The molecule has 0 aliphatic carbocycles. The normalized spacial score (nSPS) is 10.5. The SMILES string of the molecule is Clc1ccccc1Cc1noc(CNc2ccccc2)n1. The zero-order valence-electron chi connectivity index (χ0n) is 11.3. The third-order valence-corrected chi connectivity index (χ3v) is 3.40. The van der Waals surface area contributed by atoms with Gasteiger partial charge >= 0.3 is 0 Å². The third-order valence-electron chi connectivity index (χ3n) is 3.03. The van der Waals surface area contributed by atoms with Crippen molar-refractivity contribution in [3.05, 3.63) is 76.9 Å². The van der Waals surface area contributed by atoms with E-state index in [9.17, 15) is 0 Å². The van der Waals surface area contributed by atoms with Crippen LogP contribution in [0.4, 0.5) is 5.69 Å². The highest BCUT2D eigenvalue weighted by atomic mass is 35.5. The molecule has 0 spiro atoms. The highest BCUT2D eigenvalue weighted by Gasteiger charge is 2.08. The van der Waals surface area contributed by atoms with Gasteiger partial charge in [0.25, 0.3) is 0 Å². The third kappa shape index (κ3) is 3.61. The molecule has 0 aliphatic heterocycles. The van der Waals surface area contributed by atoms with Gasteiger partial charge in [0, 0.05) is 17.1 Å². The molecule has 0 atom stereocenters. The smallest absolute Gasteiger partial charge is 0.245 e. The molecule has 1 aromatic heterocycles. The maximum atomic E-state index is 6.12. The van der Waals surface area contributed by atoms with Gasteiger partial charge in [-0.1, -0.05) is 53.2 Å². The molecule has 3 aromatic rings. The van der Waals surface area contributed by atoms with Crippen LogP contribution in [0.25, 0.3) is 0 Å². The van der Waals surface area contributed by atoms with Gasteiger partial charge in [0.1, 0.15) is 0 Å². The molecule has 0 bridgehead atoms. The topological polar surface area (TPSA) is 51.0 Å². The summed E-state index contributed by atoms with van der Waals surface area (Å²) in [7, 11) is 0. The van der Waals surface area contributed by atoms with E-state index in [1.165, 1.54) is 0 Å². The Bertz CT molecular complexity index is 712. The molecular weight excluding hydrogens is 286 g/mol. The van der Waals surface area contributed by atoms with E-state index in [1.807, 2.05) is 54.6 Å². The molecule has 0 saturated carbocycles. The Balaban J connectivity index is 1.63. The lowest BCUT2D eigenvalue weighted by Crippen LogP contribution is -1.99. The summed E-state index contributed by atoms with van der Waals surface area (Å²) in [5, 5.41) is 7.92. The Hall–Kier alpha value is -2.33. The average Bonchev–Trinajstić information content (AvgIpc) is 2.96. The minimum absolute atomic E-state index is 0.500. The summed E-state index contributed by atoms with van der Waals surface area (Å²) in [5.74, 6) is 1.19. The number of aromatic nitrogens is 2. The van der Waals surface area contributed by atoms with Crippen LogP contribution in [0, 0.1) is 0 Å². The first-order valence-electron chi connectivity index (χ1n) is 6.65. The zero-order valence-corrected chi connectivity index (χ0v) is 12.0. The van der Waals surface area contributed by atoms with Crippen molar-refractivity contribution < 1.29 is 4.52 Å². The molecule has 4 nitrogen and oxygen atoms in total. The summed E-state index contributed by atoms with van der Waals surface area (Å²) in [4.78, 5) is 4.36. The summed E-state index contributed by atoms with van der Waals surface area (Å²) in [6.45, 7) is 0.500. The Kier molecular flexibility index (Phi) is 4.17. The van der Waals surface area contributed by atoms with Crippen LogP contribution in [0.5, 0.6) is 0 Å². The van der Waals surface area contributed by atoms with Crippen LogP contribution in [0.3, 0.4) is 0 Å². The summed E-state index contributed by atoms with van der Waals surface area (Å²) >= 11 is 6.12. The van der Waals surface area contributed by atoms with Crippen molar-refractivity contribution in [2.45, 2.75) is 13.0 Å². The molecule has 21 heavy (non-hydrogen) atoms. The van der Waals surface area contributed by atoms with Gasteiger partial charge < -0.3 is 9.84 Å². The predicted octanol–water partition coefficient (Wildman–Crippen LogP) is 3.93. The van der Waals surface area contributed by atoms with Crippen molar-refractivity contribution in [3.8, 4) is 0 Å². The lowest BCUT2D eigenvalue weighted by Gasteiger charge is -2.01. The second-order valence-electron chi connectivity index (χ2n) is 4.59. The van der Waals surface area contributed by atoms with Gasteiger partial charge in [-0.05, 0) is 23.8 Å². The fraction of sp³-hybridized carbons (Fsp3) is 0.125. The molecule has 0 saturated heterocycles. The highest BCUT2D eigenvalue weighted by molar-refractivity contribution is 6.31. The fourth-order valence-corrected chi connectivity index (χ4v) is 2.18. The monoisotopic (exact) mass is 299 g/mol. The van der Waals surface area contributed by atoms with Gasteiger partial charge in [-0.3, -0.25) is 0 Å². The molecule has 0 amide bonds. The van der Waals surface area contributed by atoms with Gasteiger partial charge in [0.2, 0.25) is 5.89 Å².